The van der Waals surface area contributed by atoms with E-state index in [-0.39, 0.29) is 0 Å². The average molecular weight is 828 g/mol. The third-order valence-corrected chi connectivity index (χ3v) is 13.4. The molecule has 1 nitrogen and oxygen atoms in total. The maximum atomic E-state index is 2.42. The summed E-state index contributed by atoms with van der Waals surface area (Å²) in [7, 11) is 0. The van der Waals surface area contributed by atoms with Crippen molar-refractivity contribution >= 4 is 43.4 Å². The normalized spacial score (nSPS) is 11.5. The lowest BCUT2D eigenvalue weighted by molar-refractivity contribution is 0.827. The average Bonchev–Trinajstić information content (AvgIpc) is 3.71. The van der Waals surface area contributed by atoms with Gasteiger partial charge in [-0.05, 0) is 137 Å². The topological polar surface area (TPSA) is 4.93 Å². The maximum absolute atomic E-state index is 2.42. The molecule has 0 aliphatic rings. The van der Waals surface area contributed by atoms with Gasteiger partial charge in [0.15, 0.2) is 0 Å². The summed E-state index contributed by atoms with van der Waals surface area (Å²) in [5, 5.41) is 7.55. The van der Waals surface area contributed by atoms with Gasteiger partial charge in [0.05, 0.1) is 0 Å². The molecule has 12 aromatic rings. The minimum atomic E-state index is 0.937. The van der Waals surface area contributed by atoms with Crippen LogP contribution in [0.4, 0.5) is 0 Å². The molecule has 0 amide bonds. The highest BCUT2D eigenvalue weighted by Gasteiger charge is 2.20. The molecular weight excluding hydrogens is 783 g/mol. The van der Waals surface area contributed by atoms with Gasteiger partial charge in [0, 0.05) is 28.4 Å². The van der Waals surface area contributed by atoms with Gasteiger partial charge in [0.25, 0.3) is 0 Å². The van der Waals surface area contributed by atoms with Crippen LogP contribution in [-0.2, 0) is 6.54 Å². The Bertz CT molecular complexity index is 3680. The number of nitrogens with zero attached hydrogens (tertiary/aromatic N) is 1. The van der Waals surface area contributed by atoms with Crippen LogP contribution in [0.25, 0.3) is 121 Å². The molecule has 65 heavy (non-hydrogen) atoms. The Hall–Kier alpha value is -8.26. The molecule has 0 aliphatic heterocycles. The van der Waals surface area contributed by atoms with Gasteiger partial charge in [-0.25, -0.2) is 0 Å². The summed E-state index contributed by atoms with van der Waals surface area (Å²) in [5.41, 5.74) is 19.6. The van der Waals surface area contributed by atoms with Gasteiger partial charge in [0.2, 0.25) is 0 Å². The van der Waals surface area contributed by atoms with E-state index in [2.05, 4.69) is 254 Å². The minimum absolute atomic E-state index is 0.937. The second-order valence-corrected chi connectivity index (χ2v) is 17.1. The molecular formula is C64H45N. The van der Waals surface area contributed by atoms with E-state index >= 15 is 0 Å². The van der Waals surface area contributed by atoms with Crippen molar-refractivity contribution < 1.29 is 0 Å². The molecule has 1 heterocycles. The first-order valence-electron chi connectivity index (χ1n) is 22.7. The summed E-state index contributed by atoms with van der Waals surface area (Å²) in [5.74, 6) is 0. The molecule has 0 atom stereocenters. The number of rotatable bonds is 8. The van der Waals surface area contributed by atoms with E-state index in [4.69, 9.17) is 0 Å². The molecule has 1 heteroatoms. The quantitative estimate of drug-likeness (QED) is 0.135. The van der Waals surface area contributed by atoms with Crippen LogP contribution in [0, 0.1) is 0 Å². The Labute approximate surface area is 380 Å². The van der Waals surface area contributed by atoms with Gasteiger partial charge in [0.1, 0.15) is 0 Å². The van der Waals surface area contributed by atoms with Gasteiger partial charge < -0.3 is 4.57 Å². The van der Waals surface area contributed by atoms with Crippen LogP contribution in [-0.4, -0.2) is 4.57 Å². The predicted molar refractivity (Wildman–Crippen MR) is 278 cm³/mol. The number of fused-ring (bicyclic) bond motifs is 5. The van der Waals surface area contributed by atoms with Crippen LogP contribution in [0.3, 0.4) is 0 Å². The monoisotopic (exact) mass is 827 g/mol. The minimum Gasteiger partial charge on any atom is -0.341 e. The first kappa shape index (κ1) is 38.4. The van der Waals surface area contributed by atoms with E-state index in [1.165, 1.54) is 121 Å². The molecule has 0 radical (unpaired) electrons. The Balaban J connectivity index is 1.04. The van der Waals surface area contributed by atoms with Crippen molar-refractivity contribution in [1.29, 1.82) is 0 Å². The van der Waals surface area contributed by atoms with Crippen molar-refractivity contribution in [2.75, 3.05) is 0 Å². The van der Waals surface area contributed by atoms with Crippen molar-refractivity contribution in [3.63, 3.8) is 0 Å². The first-order chi connectivity index (χ1) is 32.2. The number of hydrogen-bond donors (Lipinski definition) is 0. The summed E-state index contributed by atoms with van der Waals surface area (Å²) in [6.07, 6.45) is 0. The van der Waals surface area contributed by atoms with Crippen LogP contribution in [0.2, 0.25) is 0 Å². The lowest BCUT2D eigenvalue weighted by Gasteiger charge is -2.20. The summed E-state index contributed by atoms with van der Waals surface area (Å²) in [4.78, 5) is 0. The number of aromatic nitrogens is 1. The molecule has 0 saturated heterocycles. The highest BCUT2D eigenvalue weighted by atomic mass is 15.0. The fourth-order valence-corrected chi connectivity index (χ4v) is 10.2. The second-order valence-electron chi connectivity index (χ2n) is 17.1. The SMILES string of the molecule is CCn1c2ccccc2c2cc(-c3ccc(-c4c5ccc(-c6ccccc6)cc5c(-c5ccc(-c6ccc(-c7ccccc7)cc6)cc5)c5ccc(-c6ccccc6)cc45)cc3)ccc21. The lowest BCUT2D eigenvalue weighted by Crippen LogP contribution is -1.93. The number of hydrogen-bond acceptors (Lipinski definition) is 0. The fraction of sp³-hybridized carbons (Fsp3) is 0.0312. The smallest absolute Gasteiger partial charge is 0.0491 e. The van der Waals surface area contributed by atoms with E-state index < -0.39 is 0 Å². The number of benzene rings is 11. The molecule has 0 N–H and O–H groups in total. The summed E-state index contributed by atoms with van der Waals surface area (Å²) < 4.78 is 2.42. The highest BCUT2D eigenvalue weighted by Crippen LogP contribution is 2.47. The van der Waals surface area contributed by atoms with Crippen molar-refractivity contribution in [2.45, 2.75) is 13.5 Å². The van der Waals surface area contributed by atoms with Gasteiger partial charge in [-0.3, -0.25) is 0 Å². The van der Waals surface area contributed by atoms with Crippen molar-refractivity contribution in [2.24, 2.45) is 0 Å². The van der Waals surface area contributed by atoms with Gasteiger partial charge >= 0.3 is 0 Å². The third-order valence-electron chi connectivity index (χ3n) is 13.4. The van der Waals surface area contributed by atoms with Crippen LogP contribution in [0.1, 0.15) is 6.92 Å². The molecule has 0 spiro atoms. The Morgan fingerprint density at radius 3 is 0.985 bits per heavy atom. The molecule has 0 saturated carbocycles. The highest BCUT2D eigenvalue weighted by molar-refractivity contribution is 6.22. The van der Waals surface area contributed by atoms with Crippen LogP contribution >= 0.6 is 0 Å². The zero-order chi connectivity index (χ0) is 43.3. The van der Waals surface area contributed by atoms with E-state index in [1.807, 2.05) is 0 Å². The van der Waals surface area contributed by atoms with Crippen LogP contribution in [0.5, 0.6) is 0 Å². The Morgan fingerprint density at radius 2 is 0.538 bits per heavy atom. The largest absolute Gasteiger partial charge is 0.341 e. The molecule has 0 aliphatic carbocycles. The van der Waals surface area contributed by atoms with Crippen LogP contribution in [0.15, 0.2) is 243 Å². The number of para-hydroxylation sites is 1. The summed E-state index contributed by atoms with van der Waals surface area (Å²) in [6, 6.07) is 89.5. The van der Waals surface area contributed by atoms with Crippen LogP contribution < -0.4 is 0 Å². The summed E-state index contributed by atoms with van der Waals surface area (Å²) in [6.45, 7) is 3.17. The molecule has 0 bridgehead atoms. The molecule has 11 aromatic carbocycles. The van der Waals surface area contributed by atoms with E-state index in [0.29, 0.717) is 0 Å². The third kappa shape index (κ3) is 6.81. The van der Waals surface area contributed by atoms with Crippen molar-refractivity contribution in [1.82, 2.24) is 4.57 Å². The molecule has 306 valence electrons. The molecule has 0 fully saturated rings. The summed E-state index contributed by atoms with van der Waals surface area (Å²) >= 11 is 0. The predicted octanol–water partition coefficient (Wildman–Crippen LogP) is 17.8. The van der Waals surface area contributed by atoms with Crippen molar-refractivity contribution in [3.8, 4) is 77.9 Å². The van der Waals surface area contributed by atoms with Gasteiger partial charge in [-0.1, -0.05) is 212 Å². The van der Waals surface area contributed by atoms with Crippen molar-refractivity contribution in [3.05, 3.63) is 243 Å². The zero-order valence-electron chi connectivity index (χ0n) is 36.2. The van der Waals surface area contributed by atoms with E-state index in [0.717, 1.165) is 6.54 Å². The lowest BCUT2D eigenvalue weighted by atomic mass is 9.83. The maximum Gasteiger partial charge on any atom is 0.0491 e. The first-order valence-corrected chi connectivity index (χ1v) is 22.7. The Kier molecular flexibility index (Phi) is 9.54. The zero-order valence-corrected chi connectivity index (χ0v) is 36.2. The van der Waals surface area contributed by atoms with Gasteiger partial charge in [-0.2, -0.15) is 0 Å². The molecule has 12 rings (SSSR count). The Morgan fingerprint density at radius 1 is 0.231 bits per heavy atom. The van der Waals surface area contributed by atoms with E-state index in [1.54, 1.807) is 0 Å². The fourth-order valence-electron chi connectivity index (χ4n) is 10.2. The molecule has 0 unspecified atom stereocenters. The van der Waals surface area contributed by atoms with E-state index in [9.17, 15) is 0 Å². The van der Waals surface area contributed by atoms with Gasteiger partial charge in [-0.15, -0.1) is 0 Å². The standard InChI is InChI=1S/C64H45N/c1-2-65-61-21-13-12-20-55(61)58-40-54(36-39-62(58)65)49-28-32-51(33-29-49)64-57-38-35-52(44-16-8-4-9-17-44)41-59(57)63(56-37-34-53(42-60(56)64)45-18-10-5-11-19-45)50-30-26-48(27-31-50)47-24-22-46(23-25-47)43-14-6-3-7-15-43/h3-42H,2H2,1H3. The number of aryl methyl sites for hydroxylation is 1. The second kappa shape index (κ2) is 16.1. The molecule has 1 aromatic heterocycles.